The Kier molecular flexibility index (Phi) is 6.24. The summed E-state index contributed by atoms with van der Waals surface area (Å²) in [6.07, 6.45) is -3.52. The van der Waals surface area contributed by atoms with Crippen LogP contribution >= 0.6 is 0 Å². The van der Waals surface area contributed by atoms with Gasteiger partial charge in [-0.15, -0.1) is 0 Å². The van der Waals surface area contributed by atoms with Crippen molar-refractivity contribution in [1.29, 1.82) is 0 Å². The van der Waals surface area contributed by atoms with Crippen molar-refractivity contribution < 1.29 is 23.0 Å². The number of hydrogen-bond donors (Lipinski definition) is 1. The van der Waals surface area contributed by atoms with E-state index in [4.69, 9.17) is 4.74 Å². The van der Waals surface area contributed by atoms with Crippen LogP contribution in [0.3, 0.4) is 0 Å². The van der Waals surface area contributed by atoms with Crippen LogP contribution in [0.4, 0.5) is 13.2 Å². The molecule has 31 heavy (non-hydrogen) atoms. The standard InChI is InChI=1S/C21H24F3N3O3Si/c1-13-9-15(28)11-16-18(13)26-19(17-10-14(5-6-25-17)21(22,23)24)27(20(16)29)12-30-7-8-31(2,3)4/h5-6,9-11,28H,7-8,12H2,1-4H3. The van der Waals surface area contributed by atoms with E-state index in [2.05, 4.69) is 29.6 Å². The first-order valence-electron chi connectivity index (χ1n) is 9.72. The minimum atomic E-state index is -4.56. The Hall–Kier alpha value is -2.72. The number of aromatic hydroxyl groups is 1. The first kappa shape index (κ1) is 23.0. The van der Waals surface area contributed by atoms with Gasteiger partial charge in [-0.3, -0.25) is 14.3 Å². The Morgan fingerprint density at radius 1 is 1.19 bits per heavy atom. The number of ether oxygens (including phenoxy) is 1. The molecule has 0 unspecified atom stereocenters. The Bertz CT molecular complexity index is 1170. The molecule has 0 saturated carbocycles. The van der Waals surface area contributed by atoms with E-state index in [0.29, 0.717) is 12.2 Å². The van der Waals surface area contributed by atoms with Gasteiger partial charge in [0.15, 0.2) is 5.82 Å². The van der Waals surface area contributed by atoms with E-state index in [-0.39, 0.29) is 34.9 Å². The predicted octanol–water partition coefficient (Wildman–Crippen LogP) is 4.80. The molecule has 0 amide bonds. The molecule has 1 N–H and O–H groups in total. The normalized spacial score (nSPS) is 12.5. The third-order valence-corrected chi connectivity index (χ3v) is 6.47. The molecule has 0 atom stereocenters. The number of nitrogens with zero attached hydrogens (tertiary/aromatic N) is 3. The number of rotatable bonds is 6. The molecule has 0 aliphatic heterocycles. The average Bonchev–Trinajstić information content (AvgIpc) is 2.65. The summed E-state index contributed by atoms with van der Waals surface area (Å²) in [7, 11) is -1.37. The highest BCUT2D eigenvalue weighted by Crippen LogP contribution is 2.31. The fourth-order valence-electron chi connectivity index (χ4n) is 3.06. The molecule has 0 spiro atoms. The van der Waals surface area contributed by atoms with Crippen LogP contribution < -0.4 is 5.56 Å². The predicted molar refractivity (Wildman–Crippen MR) is 115 cm³/mol. The zero-order chi connectivity index (χ0) is 23.0. The molecule has 2 aromatic heterocycles. The largest absolute Gasteiger partial charge is 0.508 e. The fraction of sp³-hybridized carbons (Fsp3) is 0.381. The molecular weight excluding hydrogens is 427 g/mol. The molecule has 6 nitrogen and oxygen atoms in total. The third kappa shape index (κ3) is 5.31. The molecule has 0 aliphatic rings. The van der Waals surface area contributed by atoms with Crippen molar-refractivity contribution in [1.82, 2.24) is 14.5 Å². The number of fused-ring (bicyclic) bond motifs is 1. The smallest absolute Gasteiger partial charge is 0.416 e. The third-order valence-electron chi connectivity index (χ3n) is 4.77. The molecule has 166 valence electrons. The second-order valence-electron chi connectivity index (χ2n) is 8.60. The molecule has 0 saturated heterocycles. The van der Waals surface area contributed by atoms with Gasteiger partial charge in [-0.25, -0.2) is 4.98 Å². The number of pyridine rings is 1. The number of phenols is 1. The highest BCUT2D eigenvalue weighted by Gasteiger charge is 2.31. The summed E-state index contributed by atoms with van der Waals surface area (Å²) in [6.45, 7) is 8.44. The lowest BCUT2D eigenvalue weighted by Gasteiger charge is -2.18. The number of halogens is 3. The first-order chi connectivity index (χ1) is 14.4. The van der Waals surface area contributed by atoms with Gasteiger partial charge in [0.1, 0.15) is 18.2 Å². The van der Waals surface area contributed by atoms with E-state index < -0.39 is 25.4 Å². The number of benzene rings is 1. The van der Waals surface area contributed by atoms with Gasteiger partial charge < -0.3 is 9.84 Å². The highest BCUT2D eigenvalue weighted by atomic mass is 28.3. The van der Waals surface area contributed by atoms with Crippen LogP contribution in [0.25, 0.3) is 22.4 Å². The van der Waals surface area contributed by atoms with Crippen LogP contribution in [0, 0.1) is 6.92 Å². The van der Waals surface area contributed by atoms with E-state index in [1.807, 2.05) is 0 Å². The summed E-state index contributed by atoms with van der Waals surface area (Å²) >= 11 is 0. The zero-order valence-corrected chi connectivity index (χ0v) is 18.7. The summed E-state index contributed by atoms with van der Waals surface area (Å²) < 4.78 is 46.5. The van der Waals surface area contributed by atoms with Crippen LogP contribution in [-0.4, -0.2) is 34.3 Å². The van der Waals surface area contributed by atoms with E-state index in [1.165, 1.54) is 12.1 Å². The monoisotopic (exact) mass is 451 g/mol. The molecular formula is C21H24F3N3O3Si. The van der Waals surface area contributed by atoms with Gasteiger partial charge in [0.25, 0.3) is 5.56 Å². The molecule has 0 radical (unpaired) electrons. The first-order valence-corrected chi connectivity index (χ1v) is 13.4. The highest BCUT2D eigenvalue weighted by molar-refractivity contribution is 6.76. The van der Waals surface area contributed by atoms with Crippen molar-refractivity contribution in [3.05, 3.63) is 51.9 Å². The van der Waals surface area contributed by atoms with Gasteiger partial charge in [0.2, 0.25) is 0 Å². The lowest BCUT2D eigenvalue weighted by Crippen LogP contribution is -2.27. The average molecular weight is 452 g/mol. The molecule has 3 aromatic rings. The molecule has 3 rings (SSSR count). The van der Waals surface area contributed by atoms with Crippen molar-refractivity contribution in [3.8, 4) is 17.3 Å². The number of aromatic nitrogens is 3. The Morgan fingerprint density at radius 2 is 1.90 bits per heavy atom. The van der Waals surface area contributed by atoms with E-state index in [9.17, 15) is 23.1 Å². The van der Waals surface area contributed by atoms with Crippen LogP contribution in [-0.2, 0) is 17.6 Å². The topological polar surface area (TPSA) is 77.2 Å². The number of phenolic OH excluding ortho intramolecular Hbond substituents is 1. The van der Waals surface area contributed by atoms with E-state index >= 15 is 0 Å². The van der Waals surface area contributed by atoms with Crippen LogP contribution in [0.1, 0.15) is 11.1 Å². The van der Waals surface area contributed by atoms with Crippen LogP contribution in [0.15, 0.2) is 35.3 Å². The molecule has 0 bridgehead atoms. The maximum Gasteiger partial charge on any atom is 0.416 e. The van der Waals surface area contributed by atoms with Crippen molar-refractivity contribution >= 4 is 19.0 Å². The minimum absolute atomic E-state index is 0.0228. The summed E-state index contributed by atoms with van der Waals surface area (Å²) in [5.41, 5.74) is -0.690. The second kappa shape index (κ2) is 8.43. The second-order valence-corrected chi connectivity index (χ2v) is 14.2. The Morgan fingerprint density at radius 3 is 2.55 bits per heavy atom. The quantitative estimate of drug-likeness (QED) is 0.430. The summed E-state index contributed by atoms with van der Waals surface area (Å²) in [4.78, 5) is 21.7. The number of hydrogen-bond acceptors (Lipinski definition) is 5. The number of aryl methyl sites for hydroxylation is 1. The summed E-state index contributed by atoms with van der Waals surface area (Å²) in [5, 5.41) is 10.1. The Balaban J connectivity index is 2.15. The van der Waals surface area contributed by atoms with Crippen LogP contribution in [0.2, 0.25) is 25.7 Å². The van der Waals surface area contributed by atoms with E-state index in [0.717, 1.165) is 28.9 Å². The van der Waals surface area contributed by atoms with Crippen molar-refractivity contribution in [2.45, 2.75) is 45.5 Å². The maximum absolute atomic E-state index is 13.2. The lowest BCUT2D eigenvalue weighted by atomic mass is 10.1. The van der Waals surface area contributed by atoms with Gasteiger partial charge in [-0.05, 0) is 42.8 Å². The van der Waals surface area contributed by atoms with Crippen molar-refractivity contribution in [2.75, 3.05) is 6.61 Å². The van der Waals surface area contributed by atoms with Gasteiger partial charge in [-0.1, -0.05) is 19.6 Å². The molecule has 1 aromatic carbocycles. The van der Waals surface area contributed by atoms with E-state index in [1.54, 1.807) is 6.92 Å². The van der Waals surface area contributed by atoms with Gasteiger partial charge in [-0.2, -0.15) is 13.2 Å². The Labute approximate surface area is 178 Å². The van der Waals surface area contributed by atoms with Crippen molar-refractivity contribution in [2.24, 2.45) is 0 Å². The SMILES string of the molecule is Cc1cc(O)cc2c(=O)n(COCC[Si](C)(C)C)c(-c3cc(C(F)(F)F)ccn3)nc12. The van der Waals surface area contributed by atoms with Crippen molar-refractivity contribution in [3.63, 3.8) is 0 Å². The van der Waals surface area contributed by atoms with Gasteiger partial charge in [0.05, 0.1) is 16.5 Å². The molecule has 2 heterocycles. The maximum atomic E-state index is 13.2. The fourth-order valence-corrected chi connectivity index (χ4v) is 3.82. The zero-order valence-electron chi connectivity index (χ0n) is 17.7. The lowest BCUT2D eigenvalue weighted by molar-refractivity contribution is -0.137. The summed E-state index contributed by atoms with van der Waals surface area (Å²) in [5.74, 6) is -0.120. The van der Waals surface area contributed by atoms with Gasteiger partial charge in [0, 0.05) is 20.9 Å². The van der Waals surface area contributed by atoms with Crippen LogP contribution in [0.5, 0.6) is 5.75 Å². The summed E-state index contributed by atoms with van der Waals surface area (Å²) in [6, 6.07) is 5.31. The molecule has 0 aliphatic carbocycles. The van der Waals surface area contributed by atoms with Gasteiger partial charge >= 0.3 is 6.18 Å². The molecule has 0 fully saturated rings. The molecule has 10 heteroatoms. The number of alkyl halides is 3. The minimum Gasteiger partial charge on any atom is -0.508 e.